The Morgan fingerprint density at radius 1 is 1.44 bits per heavy atom. The van der Waals surface area contributed by atoms with E-state index < -0.39 is 0 Å². The van der Waals surface area contributed by atoms with Crippen molar-refractivity contribution in [3.8, 4) is 0 Å². The van der Waals surface area contributed by atoms with Crippen LogP contribution in [0, 0.1) is 0 Å². The Morgan fingerprint density at radius 3 is 2.81 bits per heavy atom. The predicted octanol–water partition coefficient (Wildman–Crippen LogP) is 1.81. The highest BCUT2D eigenvalue weighted by molar-refractivity contribution is 7.09. The quantitative estimate of drug-likeness (QED) is 0.875. The molecule has 2 N–H and O–H groups in total. The van der Waals surface area contributed by atoms with Gasteiger partial charge in [-0.1, -0.05) is 19.8 Å². The summed E-state index contributed by atoms with van der Waals surface area (Å²) in [6, 6.07) is 0.721. The van der Waals surface area contributed by atoms with Crippen LogP contribution in [0.3, 0.4) is 0 Å². The molecule has 0 amide bonds. The second-order valence-electron chi connectivity index (χ2n) is 4.47. The molecular weight excluding hydrogens is 220 g/mol. The van der Waals surface area contributed by atoms with Crippen molar-refractivity contribution < 1.29 is 0 Å². The number of nitrogens with two attached hydrogens (primary N) is 1. The van der Waals surface area contributed by atoms with Crippen molar-refractivity contribution >= 4 is 16.7 Å². The van der Waals surface area contributed by atoms with Crippen LogP contribution >= 0.6 is 11.5 Å². The molecule has 0 aliphatic heterocycles. The van der Waals surface area contributed by atoms with E-state index >= 15 is 0 Å². The van der Waals surface area contributed by atoms with Crippen LogP contribution in [0.25, 0.3) is 0 Å². The second-order valence-corrected chi connectivity index (χ2v) is 5.20. The number of aryl methyl sites for hydroxylation is 1. The maximum Gasteiger partial charge on any atom is 0.205 e. The van der Waals surface area contributed by atoms with Gasteiger partial charge in [0.2, 0.25) is 5.13 Å². The summed E-state index contributed by atoms with van der Waals surface area (Å²) < 4.78 is 4.32. The van der Waals surface area contributed by atoms with Crippen LogP contribution in [0.5, 0.6) is 0 Å². The van der Waals surface area contributed by atoms with Crippen LogP contribution in [0.4, 0.5) is 5.13 Å². The fourth-order valence-electron chi connectivity index (χ4n) is 2.29. The van der Waals surface area contributed by atoms with Crippen molar-refractivity contribution in [3.63, 3.8) is 0 Å². The van der Waals surface area contributed by atoms with E-state index in [0.29, 0.717) is 6.04 Å². The molecule has 1 saturated carbocycles. The van der Waals surface area contributed by atoms with Gasteiger partial charge in [0.1, 0.15) is 5.82 Å². The van der Waals surface area contributed by atoms with Gasteiger partial charge in [0, 0.05) is 37.1 Å². The number of hydrogen-bond acceptors (Lipinski definition) is 5. The van der Waals surface area contributed by atoms with Gasteiger partial charge < -0.3 is 10.6 Å². The summed E-state index contributed by atoms with van der Waals surface area (Å²) in [6.07, 6.45) is 5.76. The summed E-state index contributed by atoms with van der Waals surface area (Å²) in [4.78, 5) is 6.74. The topological polar surface area (TPSA) is 55.0 Å². The third-order valence-corrected chi connectivity index (χ3v) is 4.20. The first-order chi connectivity index (χ1) is 7.72. The van der Waals surface area contributed by atoms with Crippen molar-refractivity contribution in [2.45, 2.75) is 51.1 Å². The van der Waals surface area contributed by atoms with E-state index in [9.17, 15) is 0 Å². The van der Waals surface area contributed by atoms with Gasteiger partial charge in [-0.05, 0) is 12.8 Å². The molecule has 90 valence electrons. The fraction of sp³-hybridized carbons (Fsp3) is 0.818. The molecule has 4 nitrogen and oxygen atoms in total. The van der Waals surface area contributed by atoms with Crippen LogP contribution in [0.15, 0.2) is 0 Å². The van der Waals surface area contributed by atoms with Gasteiger partial charge in [-0.15, -0.1) is 0 Å². The smallest absolute Gasteiger partial charge is 0.205 e. The minimum absolute atomic E-state index is 0.285. The summed E-state index contributed by atoms with van der Waals surface area (Å²) in [5, 5.41) is 1.01. The van der Waals surface area contributed by atoms with E-state index in [-0.39, 0.29) is 6.04 Å². The van der Waals surface area contributed by atoms with Gasteiger partial charge in [-0.3, -0.25) is 0 Å². The van der Waals surface area contributed by atoms with Crippen molar-refractivity contribution in [1.82, 2.24) is 9.36 Å². The Bertz CT molecular complexity index is 338. The molecular formula is C11H20N4S. The van der Waals surface area contributed by atoms with E-state index in [2.05, 4.69) is 28.2 Å². The molecule has 0 aromatic carbocycles. The summed E-state index contributed by atoms with van der Waals surface area (Å²) in [7, 11) is 2.09. The first-order valence-electron chi connectivity index (χ1n) is 6.03. The lowest BCUT2D eigenvalue weighted by Crippen LogP contribution is -2.48. The Balaban J connectivity index is 2.07. The molecule has 5 heteroatoms. The van der Waals surface area contributed by atoms with E-state index in [4.69, 9.17) is 5.73 Å². The Hall–Kier alpha value is -0.680. The zero-order valence-corrected chi connectivity index (χ0v) is 10.8. The molecule has 1 fully saturated rings. The molecule has 0 spiro atoms. The van der Waals surface area contributed by atoms with Crippen LogP contribution in [-0.4, -0.2) is 28.5 Å². The standard InChI is InChI=1S/C11H20N4S/c1-3-10-13-11(16-14-10)15(2)9-7-5-4-6-8(9)12/h8-9H,3-7,12H2,1-2H3. The van der Waals surface area contributed by atoms with Gasteiger partial charge in [0.05, 0.1) is 0 Å². The lowest BCUT2D eigenvalue weighted by molar-refractivity contribution is 0.373. The number of rotatable bonds is 3. The first kappa shape index (κ1) is 11.8. The molecule has 2 unspecified atom stereocenters. The monoisotopic (exact) mass is 240 g/mol. The highest BCUT2D eigenvalue weighted by Crippen LogP contribution is 2.26. The van der Waals surface area contributed by atoms with Crippen LogP contribution in [0.2, 0.25) is 0 Å². The molecule has 0 bridgehead atoms. The third kappa shape index (κ3) is 2.35. The average molecular weight is 240 g/mol. The van der Waals surface area contributed by atoms with E-state index in [1.165, 1.54) is 30.8 Å². The van der Waals surface area contributed by atoms with Crippen molar-refractivity contribution in [1.29, 1.82) is 0 Å². The molecule has 1 aliphatic carbocycles. The molecule has 2 atom stereocenters. The van der Waals surface area contributed by atoms with Gasteiger partial charge >= 0.3 is 0 Å². The average Bonchev–Trinajstić information content (AvgIpc) is 2.77. The van der Waals surface area contributed by atoms with E-state index in [1.807, 2.05) is 0 Å². The highest BCUT2D eigenvalue weighted by atomic mass is 32.1. The molecule has 0 radical (unpaired) electrons. The SMILES string of the molecule is CCc1nsc(N(C)C2CCCCC2N)n1. The van der Waals surface area contributed by atoms with Crippen molar-refractivity contribution in [3.05, 3.63) is 5.82 Å². The fourth-order valence-corrected chi connectivity index (χ4v) is 3.06. The highest BCUT2D eigenvalue weighted by Gasteiger charge is 2.27. The largest absolute Gasteiger partial charge is 0.345 e. The van der Waals surface area contributed by atoms with E-state index in [0.717, 1.165) is 23.8 Å². The second kappa shape index (κ2) is 5.10. The minimum Gasteiger partial charge on any atom is -0.345 e. The van der Waals surface area contributed by atoms with Gasteiger partial charge in [0.25, 0.3) is 0 Å². The number of anilines is 1. The number of nitrogens with zero attached hydrogens (tertiary/aromatic N) is 3. The Kier molecular flexibility index (Phi) is 3.76. The molecule has 1 aliphatic rings. The molecule has 2 rings (SSSR count). The van der Waals surface area contributed by atoms with Crippen LogP contribution in [0.1, 0.15) is 38.4 Å². The molecule has 1 heterocycles. The number of aromatic nitrogens is 2. The predicted molar refractivity (Wildman–Crippen MR) is 67.9 cm³/mol. The zero-order valence-electron chi connectivity index (χ0n) is 10.0. The minimum atomic E-state index is 0.285. The molecule has 1 aromatic heterocycles. The summed E-state index contributed by atoms with van der Waals surface area (Å²) >= 11 is 1.49. The summed E-state index contributed by atoms with van der Waals surface area (Å²) in [5.41, 5.74) is 6.17. The van der Waals surface area contributed by atoms with Gasteiger partial charge in [0.15, 0.2) is 0 Å². The summed E-state index contributed by atoms with van der Waals surface area (Å²) in [5.74, 6) is 0.941. The first-order valence-corrected chi connectivity index (χ1v) is 6.80. The normalized spacial score (nSPS) is 25.7. The zero-order chi connectivity index (χ0) is 11.5. The number of hydrogen-bond donors (Lipinski definition) is 1. The lowest BCUT2D eigenvalue weighted by Gasteiger charge is -2.35. The maximum atomic E-state index is 6.17. The van der Waals surface area contributed by atoms with Crippen LogP contribution in [-0.2, 0) is 6.42 Å². The lowest BCUT2D eigenvalue weighted by atomic mass is 9.90. The molecule has 1 aromatic rings. The third-order valence-electron chi connectivity index (χ3n) is 3.35. The number of likely N-dealkylation sites (N-methyl/N-ethyl adjacent to an activating group) is 1. The van der Waals surface area contributed by atoms with Crippen molar-refractivity contribution in [2.75, 3.05) is 11.9 Å². The van der Waals surface area contributed by atoms with Crippen LogP contribution < -0.4 is 10.6 Å². The molecule has 0 saturated heterocycles. The maximum absolute atomic E-state index is 6.17. The van der Waals surface area contributed by atoms with Gasteiger partial charge in [-0.2, -0.15) is 4.37 Å². The Labute approximate surface area is 101 Å². The Morgan fingerprint density at radius 2 is 2.19 bits per heavy atom. The summed E-state index contributed by atoms with van der Waals surface area (Å²) in [6.45, 7) is 2.08. The molecule has 16 heavy (non-hydrogen) atoms. The van der Waals surface area contributed by atoms with Crippen molar-refractivity contribution in [2.24, 2.45) is 5.73 Å². The van der Waals surface area contributed by atoms with E-state index in [1.54, 1.807) is 0 Å². The van der Waals surface area contributed by atoms with Gasteiger partial charge in [-0.25, -0.2) is 4.98 Å².